The normalized spacial score (nSPS) is 11.1. The lowest BCUT2D eigenvalue weighted by Gasteiger charge is -2.18. The van der Waals surface area contributed by atoms with E-state index < -0.39 is 0 Å². The molecule has 0 N–H and O–H groups in total. The van der Waals surface area contributed by atoms with Crippen molar-refractivity contribution in [3.8, 4) is 0 Å². The molecule has 0 aliphatic rings. The van der Waals surface area contributed by atoms with Crippen LogP contribution in [0.2, 0.25) is 5.02 Å². The first kappa shape index (κ1) is 12.9. The fraction of sp³-hybridized carbons (Fsp3) is 0.455. The Hall–Kier alpha value is -0.120. The third-order valence-electron chi connectivity index (χ3n) is 2.38. The maximum absolute atomic E-state index is 13.3. The molecule has 1 nitrogen and oxygen atoms in total. The molecule has 84 valence electrons. The molecule has 0 radical (unpaired) electrons. The minimum Gasteiger partial charge on any atom is -0.300 e. The van der Waals surface area contributed by atoms with Crippen molar-refractivity contribution in [2.45, 2.75) is 20.4 Å². The highest BCUT2D eigenvalue weighted by molar-refractivity contribution is 9.10. The summed E-state index contributed by atoms with van der Waals surface area (Å²) in [4.78, 5) is 2.19. The summed E-state index contributed by atoms with van der Waals surface area (Å²) in [6.07, 6.45) is 0. The minimum atomic E-state index is -0.262. The van der Waals surface area contributed by atoms with E-state index in [2.05, 4.69) is 34.7 Å². The van der Waals surface area contributed by atoms with Crippen LogP contribution in [0.5, 0.6) is 0 Å². The van der Waals surface area contributed by atoms with E-state index in [0.717, 1.165) is 18.7 Å². The molecule has 0 spiro atoms. The molecular weight excluding hydrogens is 280 g/mol. The Bertz CT molecular complexity index is 340. The van der Waals surface area contributed by atoms with Crippen LogP contribution in [0.25, 0.3) is 0 Å². The van der Waals surface area contributed by atoms with Crippen molar-refractivity contribution in [1.29, 1.82) is 0 Å². The smallest absolute Gasteiger partial charge is 0.137 e. The summed E-state index contributed by atoms with van der Waals surface area (Å²) in [5.41, 5.74) is 0.834. The fourth-order valence-corrected chi connectivity index (χ4v) is 2.07. The summed E-state index contributed by atoms with van der Waals surface area (Å²) in [6, 6.07) is 3.10. The van der Waals surface area contributed by atoms with E-state index in [0.29, 0.717) is 16.0 Å². The van der Waals surface area contributed by atoms with Gasteiger partial charge in [0.05, 0.1) is 4.47 Å². The van der Waals surface area contributed by atoms with Crippen LogP contribution in [0.1, 0.15) is 19.4 Å². The number of benzene rings is 1. The van der Waals surface area contributed by atoms with Crippen LogP contribution in [0.4, 0.5) is 4.39 Å². The number of hydrogen-bond donors (Lipinski definition) is 0. The van der Waals surface area contributed by atoms with Crippen LogP contribution >= 0.6 is 27.5 Å². The van der Waals surface area contributed by atoms with E-state index in [9.17, 15) is 4.39 Å². The Balaban J connectivity index is 2.89. The van der Waals surface area contributed by atoms with Crippen molar-refractivity contribution in [2.24, 2.45) is 0 Å². The van der Waals surface area contributed by atoms with Crippen molar-refractivity contribution in [3.63, 3.8) is 0 Å². The zero-order chi connectivity index (χ0) is 11.4. The quantitative estimate of drug-likeness (QED) is 0.756. The molecule has 0 aliphatic heterocycles. The second kappa shape index (κ2) is 5.83. The monoisotopic (exact) mass is 293 g/mol. The number of halogens is 3. The summed E-state index contributed by atoms with van der Waals surface area (Å²) in [6.45, 7) is 6.71. The van der Waals surface area contributed by atoms with Gasteiger partial charge in [0, 0.05) is 11.6 Å². The predicted molar refractivity (Wildman–Crippen MR) is 65.7 cm³/mol. The molecule has 0 atom stereocenters. The second-order valence-electron chi connectivity index (χ2n) is 3.32. The van der Waals surface area contributed by atoms with Crippen LogP contribution in [0.15, 0.2) is 16.6 Å². The van der Waals surface area contributed by atoms with E-state index in [4.69, 9.17) is 11.6 Å². The van der Waals surface area contributed by atoms with Crippen molar-refractivity contribution >= 4 is 27.5 Å². The highest BCUT2D eigenvalue weighted by Crippen LogP contribution is 2.25. The number of hydrogen-bond acceptors (Lipinski definition) is 1. The number of nitrogens with zero attached hydrogens (tertiary/aromatic N) is 1. The Kier molecular flexibility index (Phi) is 5.03. The molecule has 1 rings (SSSR count). The summed E-state index contributed by atoms with van der Waals surface area (Å²) < 4.78 is 13.7. The average Bonchev–Trinajstić information content (AvgIpc) is 2.21. The lowest BCUT2D eigenvalue weighted by molar-refractivity contribution is 0.295. The van der Waals surface area contributed by atoms with Gasteiger partial charge in [-0.1, -0.05) is 25.4 Å². The van der Waals surface area contributed by atoms with Gasteiger partial charge in [0.25, 0.3) is 0 Å². The molecule has 0 amide bonds. The molecule has 0 unspecified atom stereocenters. The molecule has 0 saturated carbocycles. The Morgan fingerprint density at radius 3 is 2.47 bits per heavy atom. The third kappa shape index (κ3) is 3.44. The molecular formula is C11H14BrClFN. The molecule has 0 saturated heterocycles. The molecule has 1 aromatic carbocycles. The lowest BCUT2D eigenvalue weighted by Crippen LogP contribution is -2.22. The van der Waals surface area contributed by atoms with Crippen molar-refractivity contribution in [3.05, 3.63) is 33.0 Å². The van der Waals surface area contributed by atoms with Gasteiger partial charge in [-0.25, -0.2) is 4.39 Å². The van der Waals surface area contributed by atoms with Crippen LogP contribution in [-0.4, -0.2) is 18.0 Å². The van der Waals surface area contributed by atoms with E-state index in [1.807, 2.05) is 0 Å². The first-order chi connectivity index (χ1) is 7.08. The van der Waals surface area contributed by atoms with Crippen molar-refractivity contribution < 1.29 is 4.39 Å². The lowest BCUT2D eigenvalue weighted by atomic mass is 10.2. The van der Waals surface area contributed by atoms with Crippen LogP contribution in [0, 0.1) is 5.82 Å². The summed E-state index contributed by atoms with van der Waals surface area (Å²) in [5, 5.41) is 0.607. The molecule has 0 bridgehead atoms. The average molecular weight is 295 g/mol. The van der Waals surface area contributed by atoms with Gasteiger partial charge in [-0.2, -0.15) is 0 Å². The Morgan fingerprint density at radius 1 is 1.33 bits per heavy atom. The Morgan fingerprint density at radius 2 is 1.93 bits per heavy atom. The van der Waals surface area contributed by atoms with Gasteiger partial charge < -0.3 is 0 Å². The van der Waals surface area contributed by atoms with Gasteiger partial charge in [-0.15, -0.1) is 0 Å². The van der Waals surface area contributed by atoms with Gasteiger partial charge in [0.15, 0.2) is 0 Å². The zero-order valence-corrected chi connectivity index (χ0v) is 11.2. The maximum atomic E-state index is 13.3. The zero-order valence-electron chi connectivity index (χ0n) is 8.86. The largest absolute Gasteiger partial charge is 0.300 e. The standard InChI is InChI=1S/C11H14BrClFN/c1-3-15(4-2)7-8-5-11(14)9(12)6-10(8)13/h5-6H,3-4,7H2,1-2H3. The predicted octanol–water partition coefficient (Wildman–Crippen LogP) is 4.08. The van der Waals surface area contributed by atoms with Crippen LogP contribution in [0.3, 0.4) is 0 Å². The first-order valence-corrected chi connectivity index (χ1v) is 6.11. The topological polar surface area (TPSA) is 3.24 Å². The molecule has 0 aliphatic carbocycles. The van der Waals surface area contributed by atoms with E-state index in [-0.39, 0.29) is 5.82 Å². The molecule has 4 heteroatoms. The molecule has 1 aromatic rings. The van der Waals surface area contributed by atoms with Crippen molar-refractivity contribution in [2.75, 3.05) is 13.1 Å². The maximum Gasteiger partial charge on any atom is 0.137 e. The van der Waals surface area contributed by atoms with Gasteiger partial charge in [0.2, 0.25) is 0 Å². The third-order valence-corrected chi connectivity index (χ3v) is 3.34. The van der Waals surface area contributed by atoms with E-state index in [1.54, 1.807) is 6.07 Å². The summed E-state index contributed by atoms with van der Waals surface area (Å²) in [5.74, 6) is -0.262. The molecule has 15 heavy (non-hydrogen) atoms. The fourth-order valence-electron chi connectivity index (χ4n) is 1.37. The highest BCUT2D eigenvalue weighted by atomic mass is 79.9. The van der Waals surface area contributed by atoms with Gasteiger partial charge >= 0.3 is 0 Å². The van der Waals surface area contributed by atoms with Crippen LogP contribution in [-0.2, 0) is 6.54 Å². The van der Waals surface area contributed by atoms with E-state index in [1.165, 1.54) is 6.07 Å². The molecule has 0 aromatic heterocycles. The molecule has 0 fully saturated rings. The second-order valence-corrected chi connectivity index (χ2v) is 4.58. The highest BCUT2D eigenvalue weighted by Gasteiger charge is 2.09. The van der Waals surface area contributed by atoms with Crippen molar-refractivity contribution in [1.82, 2.24) is 4.90 Å². The Labute approximate surface area is 103 Å². The van der Waals surface area contributed by atoms with E-state index >= 15 is 0 Å². The minimum absolute atomic E-state index is 0.262. The SMILES string of the molecule is CCN(CC)Cc1cc(F)c(Br)cc1Cl. The number of rotatable bonds is 4. The first-order valence-electron chi connectivity index (χ1n) is 4.94. The summed E-state index contributed by atoms with van der Waals surface area (Å²) in [7, 11) is 0. The molecule has 0 heterocycles. The van der Waals surface area contributed by atoms with Gasteiger partial charge in [0.1, 0.15) is 5.82 Å². The van der Waals surface area contributed by atoms with Crippen LogP contribution < -0.4 is 0 Å². The van der Waals surface area contributed by atoms with Gasteiger partial charge in [-0.05, 0) is 46.7 Å². The summed E-state index contributed by atoms with van der Waals surface area (Å²) >= 11 is 9.14. The van der Waals surface area contributed by atoms with Gasteiger partial charge in [-0.3, -0.25) is 4.90 Å².